The van der Waals surface area contributed by atoms with Crippen molar-refractivity contribution >= 4 is 17.7 Å². The Hall–Kier alpha value is -2.77. The summed E-state index contributed by atoms with van der Waals surface area (Å²) < 4.78 is 51.2. The van der Waals surface area contributed by atoms with Gasteiger partial charge in [0.25, 0.3) is 0 Å². The summed E-state index contributed by atoms with van der Waals surface area (Å²) in [4.78, 5) is 14.1. The zero-order valence-corrected chi connectivity index (χ0v) is 19.1. The predicted octanol–water partition coefficient (Wildman–Crippen LogP) is 6.74. The summed E-state index contributed by atoms with van der Waals surface area (Å²) in [6.45, 7) is 2.02. The van der Waals surface area contributed by atoms with Crippen molar-refractivity contribution in [2.45, 2.75) is 38.3 Å². The van der Waals surface area contributed by atoms with Crippen LogP contribution in [0.15, 0.2) is 66.8 Å². The smallest absolute Gasteiger partial charge is 0.416 e. The minimum Gasteiger partial charge on any atom is -0.445 e. The molecule has 0 saturated heterocycles. The van der Waals surface area contributed by atoms with Crippen molar-refractivity contribution in [1.82, 2.24) is 4.90 Å². The van der Waals surface area contributed by atoms with E-state index in [1.165, 1.54) is 11.0 Å². The van der Waals surface area contributed by atoms with Crippen molar-refractivity contribution in [1.29, 1.82) is 0 Å². The number of methoxy groups -OCH3 is 1. The summed E-state index contributed by atoms with van der Waals surface area (Å²) in [6, 6.07) is 10.5. The van der Waals surface area contributed by atoms with Gasteiger partial charge in [0.1, 0.15) is 6.61 Å². The molecule has 1 aliphatic carbocycles. The van der Waals surface area contributed by atoms with Crippen molar-refractivity contribution in [3.63, 3.8) is 0 Å². The number of alkyl halides is 3. The van der Waals surface area contributed by atoms with Gasteiger partial charge in [-0.05, 0) is 47.9 Å². The molecule has 0 aliphatic heterocycles. The number of hydrogen-bond acceptors (Lipinski definition) is 3. The normalized spacial score (nSPS) is 17.8. The molecule has 0 heterocycles. The van der Waals surface area contributed by atoms with E-state index >= 15 is 0 Å². The Morgan fingerprint density at radius 3 is 2.42 bits per heavy atom. The number of benzene rings is 2. The fourth-order valence-electron chi connectivity index (χ4n) is 3.66. The molecule has 2 aromatic rings. The van der Waals surface area contributed by atoms with Gasteiger partial charge in [-0.15, -0.1) is 0 Å². The van der Waals surface area contributed by atoms with E-state index in [2.05, 4.69) is 0 Å². The fourth-order valence-corrected chi connectivity index (χ4v) is 3.79. The molecular weight excluding hydrogens is 455 g/mol. The summed E-state index contributed by atoms with van der Waals surface area (Å²) >= 11 is 5.87. The van der Waals surface area contributed by atoms with Crippen LogP contribution in [0, 0.1) is 0 Å². The summed E-state index contributed by atoms with van der Waals surface area (Å²) in [5, 5.41) is 0.568. The lowest BCUT2D eigenvalue weighted by molar-refractivity contribution is -0.137. The number of rotatable bonds is 7. The van der Waals surface area contributed by atoms with Gasteiger partial charge in [0.05, 0.1) is 11.7 Å². The number of carbonyl (C=O) groups is 1. The molecule has 0 saturated carbocycles. The topological polar surface area (TPSA) is 38.8 Å². The van der Waals surface area contributed by atoms with Gasteiger partial charge >= 0.3 is 12.3 Å². The maximum Gasteiger partial charge on any atom is 0.416 e. The average molecular weight is 480 g/mol. The van der Waals surface area contributed by atoms with Gasteiger partial charge in [-0.1, -0.05) is 54.1 Å². The highest BCUT2D eigenvalue weighted by Gasteiger charge is 2.33. The number of hydrogen-bond donors (Lipinski definition) is 0. The third kappa shape index (κ3) is 6.39. The maximum atomic E-state index is 13.4. The lowest BCUT2D eigenvalue weighted by atomic mass is 9.86. The van der Waals surface area contributed by atoms with Gasteiger partial charge in [-0.25, -0.2) is 4.79 Å². The predicted molar refractivity (Wildman–Crippen MR) is 121 cm³/mol. The summed E-state index contributed by atoms with van der Waals surface area (Å²) in [7, 11) is 1.55. The van der Waals surface area contributed by atoms with Crippen LogP contribution in [0.5, 0.6) is 0 Å². The fraction of sp³-hybridized carbons (Fsp3) is 0.320. The van der Waals surface area contributed by atoms with Gasteiger partial charge in [0.15, 0.2) is 0 Å². The molecule has 4 nitrogen and oxygen atoms in total. The van der Waals surface area contributed by atoms with E-state index in [4.69, 9.17) is 21.1 Å². The van der Waals surface area contributed by atoms with Crippen LogP contribution in [0.4, 0.5) is 18.0 Å². The molecule has 176 valence electrons. The average Bonchev–Trinajstić information content (AvgIpc) is 2.81. The van der Waals surface area contributed by atoms with E-state index in [0.29, 0.717) is 16.1 Å². The second-order valence-corrected chi connectivity index (χ2v) is 8.04. The largest absolute Gasteiger partial charge is 0.445 e. The first-order chi connectivity index (χ1) is 15.7. The molecule has 0 spiro atoms. The van der Waals surface area contributed by atoms with Crippen molar-refractivity contribution < 1.29 is 27.4 Å². The quantitative estimate of drug-likeness (QED) is 0.441. The molecule has 1 amide bonds. The van der Waals surface area contributed by atoms with Gasteiger partial charge in [-0.2, -0.15) is 13.2 Å². The van der Waals surface area contributed by atoms with Crippen LogP contribution < -0.4 is 0 Å². The molecule has 0 aromatic heterocycles. The molecule has 1 aliphatic rings. The molecule has 2 atom stereocenters. The minimum absolute atomic E-state index is 0.0281. The summed E-state index contributed by atoms with van der Waals surface area (Å²) in [6.07, 6.45) is 1.97. The lowest BCUT2D eigenvalue weighted by Crippen LogP contribution is -2.32. The Labute approximate surface area is 196 Å². The Morgan fingerprint density at radius 2 is 1.79 bits per heavy atom. The third-order valence-corrected chi connectivity index (χ3v) is 5.71. The number of allylic oxidation sites excluding steroid dienone is 2. The number of halogens is 4. The van der Waals surface area contributed by atoms with E-state index in [9.17, 15) is 18.0 Å². The Balaban J connectivity index is 1.85. The number of carbonyl (C=O) groups excluding carboxylic acids is 1. The van der Waals surface area contributed by atoms with Crippen molar-refractivity contribution in [3.05, 3.63) is 94.0 Å². The monoisotopic (exact) mass is 479 g/mol. The van der Waals surface area contributed by atoms with Crippen LogP contribution in [0.3, 0.4) is 0 Å². The molecule has 0 fully saturated rings. The van der Waals surface area contributed by atoms with E-state index in [1.54, 1.807) is 38.3 Å². The standard InChI is InChI=1S/C25H25ClF3NO3/c1-3-30(24(31)33-16-17-8-11-20(26)12-9-17)15-18-14-19(25(27,28)29)10-13-21(18)22-6-4-5-7-23(22)32-2/h4-14,22-23H,3,15-16H2,1-2H3. The highest BCUT2D eigenvalue weighted by molar-refractivity contribution is 6.30. The summed E-state index contributed by atoms with van der Waals surface area (Å²) in [5.74, 6) is -0.277. The van der Waals surface area contributed by atoms with E-state index in [0.717, 1.165) is 17.7 Å². The van der Waals surface area contributed by atoms with Gasteiger partial charge < -0.3 is 14.4 Å². The zero-order chi connectivity index (χ0) is 24.0. The van der Waals surface area contributed by atoms with Gasteiger partial charge in [0, 0.05) is 31.1 Å². The third-order valence-electron chi connectivity index (χ3n) is 5.46. The Morgan fingerprint density at radius 1 is 1.09 bits per heavy atom. The SMILES string of the molecule is CCN(Cc1cc(C(F)(F)F)ccc1C1C=CC=CC1OC)C(=O)OCc1ccc(Cl)cc1. The van der Waals surface area contributed by atoms with Crippen LogP contribution in [0.1, 0.15) is 35.1 Å². The van der Waals surface area contributed by atoms with Gasteiger partial charge in [-0.3, -0.25) is 0 Å². The van der Waals surface area contributed by atoms with E-state index < -0.39 is 17.8 Å². The van der Waals surface area contributed by atoms with E-state index in [1.807, 2.05) is 24.3 Å². The molecule has 33 heavy (non-hydrogen) atoms. The molecule has 3 rings (SSSR count). The maximum absolute atomic E-state index is 13.4. The molecule has 8 heteroatoms. The number of nitrogens with zero attached hydrogens (tertiary/aromatic N) is 1. The minimum atomic E-state index is -4.50. The first-order valence-corrected chi connectivity index (χ1v) is 10.8. The van der Waals surface area contributed by atoms with Crippen LogP contribution in [-0.2, 0) is 28.8 Å². The Kier molecular flexibility index (Phi) is 8.21. The number of amides is 1. The first-order valence-electron chi connectivity index (χ1n) is 10.5. The van der Waals surface area contributed by atoms with Crippen LogP contribution in [0.2, 0.25) is 5.02 Å². The first kappa shape index (κ1) is 24.9. The van der Waals surface area contributed by atoms with Crippen LogP contribution in [-0.4, -0.2) is 30.8 Å². The molecule has 2 aromatic carbocycles. The summed E-state index contributed by atoms with van der Waals surface area (Å²) in [5.41, 5.74) is 1.04. The molecule has 0 bridgehead atoms. The Bertz CT molecular complexity index is 1020. The van der Waals surface area contributed by atoms with Crippen molar-refractivity contribution in [2.24, 2.45) is 0 Å². The highest BCUT2D eigenvalue weighted by atomic mass is 35.5. The molecular formula is C25H25ClF3NO3. The lowest BCUT2D eigenvalue weighted by Gasteiger charge is -2.28. The van der Waals surface area contributed by atoms with E-state index in [-0.39, 0.29) is 31.7 Å². The van der Waals surface area contributed by atoms with Gasteiger partial charge in [0.2, 0.25) is 0 Å². The van der Waals surface area contributed by atoms with Crippen molar-refractivity contribution in [3.8, 4) is 0 Å². The van der Waals surface area contributed by atoms with Crippen molar-refractivity contribution in [2.75, 3.05) is 13.7 Å². The molecule has 0 radical (unpaired) electrons. The molecule has 0 N–H and O–H groups in total. The number of ether oxygens (including phenoxy) is 2. The highest BCUT2D eigenvalue weighted by Crippen LogP contribution is 2.35. The van der Waals surface area contributed by atoms with Crippen LogP contribution in [0.25, 0.3) is 0 Å². The second-order valence-electron chi connectivity index (χ2n) is 7.60. The molecule has 2 unspecified atom stereocenters. The zero-order valence-electron chi connectivity index (χ0n) is 18.3. The van der Waals surface area contributed by atoms with Crippen LogP contribution >= 0.6 is 11.6 Å². The second kappa shape index (κ2) is 10.9.